The highest BCUT2D eigenvalue weighted by Crippen LogP contribution is 2.59. The lowest BCUT2D eigenvalue weighted by Gasteiger charge is -2.51. The van der Waals surface area contributed by atoms with E-state index in [-0.39, 0.29) is 0 Å². The second kappa shape index (κ2) is 17.2. The molecule has 292 valence electrons. The first-order chi connectivity index (χ1) is 22.9. The van der Waals surface area contributed by atoms with Gasteiger partial charge in [0.25, 0.3) is 0 Å². The minimum atomic E-state index is -3.27. The molecule has 2 aromatic carbocycles. The highest BCUT2D eigenvalue weighted by Gasteiger charge is 2.59. The summed E-state index contributed by atoms with van der Waals surface area (Å²) in [6.07, 6.45) is 0. The molecule has 0 saturated carbocycles. The van der Waals surface area contributed by atoms with Crippen LogP contribution in [0.3, 0.4) is 0 Å². The van der Waals surface area contributed by atoms with E-state index in [1.165, 1.54) is 0 Å². The molecule has 0 spiro atoms. The Bertz CT molecular complexity index is 1290. The summed E-state index contributed by atoms with van der Waals surface area (Å²) in [5.41, 5.74) is 0.291. The van der Waals surface area contributed by atoms with Crippen LogP contribution in [0, 0.1) is 19.3 Å². The molecule has 0 saturated heterocycles. The van der Waals surface area contributed by atoms with E-state index in [9.17, 15) is 39.1 Å². The minimum Gasteiger partial charge on any atom is -0.328 e. The average molecular weight is 797 g/mol. The first-order valence-corrected chi connectivity index (χ1v) is 21.2. The van der Waals surface area contributed by atoms with Crippen LogP contribution in [0.2, 0.25) is 0 Å². The fourth-order valence-corrected chi connectivity index (χ4v) is 8.77. The summed E-state index contributed by atoms with van der Waals surface area (Å²) in [6.45, 7) is 26.4. The molecule has 0 radical (unpaired) electrons. The predicted octanol–water partition coefficient (Wildman–Crippen LogP) is 7.64. The van der Waals surface area contributed by atoms with Gasteiger partial charge in [-0.1, -0.05) is 107 Å². The van der Waals surface area contributed by atoms with Crippen LogP contribution in [0.15, 0.2) is 24.3 Å². The standard InChI is InChI=1S/C35H60O12P4/c1-22-26(30(3,4)5)15-24(16-27(22)31(6,7)8)35(47-51(42)43,25-17-28(32(9,10)11)23(2)29(18-25)33(12,13)14)34(19-44-48(36)37,20-45-49(38)39)21-46-50(40)41/h15-18,36-43H,19-21H2,1-14H3. The first kappa shape index (κ1) is 46.8. The van der Waals surface area contributed by atoms with E-state index in [1.807, 2.05) is 121 Å². The summed E-state index contributed by atoms with van der Waals surface area (Å²) < 4.78 is 23.0. The van der Waals surface area contributed by atoms with Gasteiger partial charge < -0.3 is 52.7 Å². The van der Waals surface area contributed by atoms with Crippen LogP contribution >= 0.6 is 34.4 Å². The highest BCUT2D eigenvalue weighted by molar-refractivity contribution is 7.40. The molecule has 0 bridgehead atoms. The molecule has 0 aliphatic carbocycles. The van der Waals surface area contributed by atoms with Crippen LogP contribution in [0.5, 0.6) is 0 Å². The molecule has 0 aliphatic rings. The molecule has 0 aliphatic heterocycles. The summed E-state index contributed by atoms with van der Waals surface area (Å²) in [5, 5.41) is 0. The minimum absolute atomic E-state index is 0.360. The lowest BCUT2D eigenvalue weighted by Crippen LogP contribution is -2.56. The number of hydrogen-bond donors (Lipinski definition) is 8. The SMILES string of the molecule is Cc1c(C(C)(C)C)cc(C(OP(O)O)(c2cc(C(C)(C)C)c(C)c(C(C)(C)C)c2)C(COP(O)O)(COP(O)O)COP(O)O)cc1C(C)(C)C. The second-order valence-corrected chi connectivity index (χ2v) is 20.3. The first-order valence-electron chi connectivity index (χ1n) is 16.5. The van der Waals surface area contributed by atoms with Crippen molar-refractivity contribution in [3.8, 4) is 0 Å². The van der Waals surface area contributed by atoms with Crippen molar-refractivity contribution < 1.29 is 57.2 Å². The normalized spacial score (nSPS) is 14.2. The quantitative estimate of drug-likeness (QED) is 0.0871. The Morgan fingerprint density at radius 3 is 0.843 bits per heavy atom. The monoisotopic (exact) mass is 796 g/mol. The number of hydrogen-bond acceptors (Lipinski definition) is 12. The molecule has 0 unspecified atom stereocenters. The zero-order valence-electron chi connectivity index (χ0n) is 32.4. The van der Waals surface area contributed by atoms with Gasteiger partial charge in [0.05, 0.1) is 25.2 Å². The highest BCUT2D eigenvalue weighted by atomic mass is 31.2. The molecule has 2 aromatic rings. The molecule has 51 heavy (non-hydrogen) atoms. The molecule has 0 amide bonds. The van der Waals surface area contributed by atoms with Gasteiger partial charge in [0.15, 0.2) is 0 Å². The lowest BCUT2D eigenvalue weighted by atomic mass is 9.62. The van der Waals surface area contributed by atoms with E-state index in [0.717, 1.165) is 33.4 Å². The number of rotatable bonds is 14. The molecule has 16 heteroatoms. The zero-order chi connectivity index (χ0) is 39.7. The Balaban J connectivity index is 3.63. The van der Waals surface area contributed by atoms with Gasteiger partial charge in [0, 0.05) is 0 Å². The van der Waals surface area contributed by atoms with Crippen LogP contribution in [0.25, 0.3) is 0 Å². The summed E-state index contributed by atoms with van der Waals surface area (Å²) in [6, 6.07) is 7.53. The molecule has 12 nitrogen and oxygen atoms in total. The summed E-state index contributed by atoms with van der Waals surface area (Å²) >= 11 is 0. The van der Waals surface area contributed by atoms with Crippen LogP contribution in [-0.2, 0) is 45.4 Å². The maximum atomic E-state index is 11.0. The molecule has 0 fully saturated rings. The fraction of sp³-hybridized carbons (Fsp3) is 0.657. The van der Waals surface area contributed by atoms with Crippen molar-refractivity contribution in [2.75, 3.05) is 19.8 Å². The third-order valence-corrected chi connectivity index (χ3v) is 10.7. The van der Waals surface area contributed by atoms with Crippen molar-refractivity contribution in [2.45, 2.75) is 124 Å². The van der Waals surface area contributed by atoms with Crippen LogP contribution < -0.4 is 0 Å². The van der Waals surface area contributed by atoms with E-state index in [1.54, 1.807) is 0 Å². The van der Waals surface area contributed by atoms with Gasteiger partial charge in [-0.05, 0) is 80.0 Å². The van der Waals surface area contributed by atoms with Crippen molar-refractivity contribution >= 4 is 34.4 Å². The Kier molecular flexibility index (Phi) is 15.8. The van der Waals surface area contributed by atoms with E-state index in [2.05, 4.69) is 0 Å². The number of benzene rings is 2. The molecule has 0 heterocycles. The van der Waals surface area contributed by atoms with Gasteiger partial charge in [0.1, 0.15) is 5.60 Å². The van der Waals surface area contributed by atoms with E-state index < -0.39 is 86.9 Å². The average Bonchev–Trinajstić information content (AvgIpc) is 2.93. The fourth-order valence-electron chi connectivity index (χ4n) is 7.03. The Labute approximate surface area is 309 Å². The molecular weight excluding hydrogens is 736 g/mol. The van der Waals surface area contributed by atoms with Gasteiger partial charge in [0.2, 0.25) is 0 Å². The lowest BCUT2D eigenvalue weighted by molar-refractivity contribution is -0.113. The van der Waals surface area contributed by atoms with Crippen LogP contribution in [0.1, 0.15) is 128 Å². The predicted molar refractivity (Wildman–Crippen MR) is 205 cm³/mol. The van der Waals surface area contributed by atoms with Crippen LogP contribution in [0.4, 0.5) is 0 Å². The Hall–Kier alpha value is -0.320. The largest absolute Gasteiger partial charge is 0.328 e. The Morgan fingerprint density at radius 2 is 0.667 bits per heavy atom. The molecule has 0 aromatic heterocycles. The van der Waals surface area contributed by atoms with Gasteiger partial charge in [-0.25, -0.2) is 0 Å². The van der Waals surface area contributed by atoms with Crippen molar-refractivity contribution in [1.82, 2.24) is 0 Å². The summed E-state index contributed by atoms with van der Waals surface area (Å²) in [4.78, 5) is 82.8. The zero-order valence-corrected chi connectivity index (χ0v) is 36.0. The van der Waals surface area contributed by atoms with E-state index in [0.29, 0.717) is 11.1 Å². The van der Waals surface area contributed by atoms with E-state index in [4.69, 9.17) is 18.1 Å². The third-order valence-electron chi connectivity index (χ3n) is 9.19. The third kappa shape index (κ3) is 11.4. The maximum absolute atomic E-state index is 11.0. The van der Waals surface area contributed by atoms with Gasteiger partial charge in [-0.2, -0.15) is 0 Å². The summed E-state index contributed by atoms with van der Waals surface area (Å²) in [7, 11) is -12.4. The topological polar surface area (TPSA) is 199 Å². The second-order valence-electron chi connectivity index (χ2n) is 17.3. The van der Waals surface area contributed by atoms with Crippen molar-refractivity contribution in [3.63, 3.8) is 0 Å². The van der Waals surface area contributed by atoms with Crippen molar-refractivity contribution in [3.05, 3.63) is 68.8 Å². The smallest absolute Gasteiger partial charge is 0.328 e. The summed E-state index contributed by atoms with van der Waals surface area (Å²) in [5.74, 6) is 0. The van der Waals surface area contributed by atoms with Gasteiger partial charge >= 0.3 is 34.4 Å². The molecule has 8 N–H and O–H groups in total. The maximum Gasteiger partial charge on any atom is 0.328 e. The van der Waals surface area contributed by atoms with Crippen molar-refractivity contribution in [2.24, 2.45) is 5.41 Å². The van der Waals surface area contributed by atoms with Crippen molar-refractivity contribution in [1.29, 1.82) is 0 Å². The molecule has 2 rings (SSSR count). The van der Waals surface area contributed by atoms with Gasteiger partial charge in [-0.15, -0.1) is 0 Å². The Morgan fingerprint density at radius 1 is 0.431 bits per heavy atom. The van der Waals surface area contributed by atoms with Crippen LogP contribution in [-0.4, -0.2) is 59.0 Å². The molecule has 0 atom stereocenters. The molecular formula is C35H60O12P4. The van der Waals surface area contributed by atoms with Gasteiger partial charge in [-0.3, -0.25) is 4.52 Å². The van der Waals surface area contributed by atoms with E-state index >= 15 is 0 Å².